The van der Waals surface area contributed by atoms with E-state index in [1.165, 1.54) is 24.3 Å². The number of aromatic carboxylic acids is 1. The minimum absolute atomic E-state index is 0.0606. The van der Waals surface area contributed by atoms with Gasteiger partial charge in [0, 0.05) is 23.3 Å². The molecule has 0 unspecified atom stereocenters. The number of benzene rings is 2. The van der Waals surface area contributed by atoms with Crippen molar-refractivity contribution < 1.29 is 19.6 Å². The monoisotopic (exact) mass is 299 g/mol. The van der Waals surface area contributed by atoms with Gasteiger partial charge in [-0.1, -0.05) is 12.1 Å². The van der Waals surface area contributed by atoms with Crippen LogP contribution >= 0.6 is 0 Å². The summed E-state index contributed by atoms with van der Waals surface area (Å²) >= 11 is 0. The molecule has 6 heteroatoms. The van der Waals surface area contributed by atoms with Crippen molar-refractivity contribution in [2.45, 2.75) is 13.8 Å². The van der Waals surface area contributed by atoms with Crippen molar-refractivity contribution in [3.63, 3.8) is 0 Å². The Morgan fingerprint density at radius 3 is 2.23 bits per heavy atom. The lowest BCUT2D eigenvalue weighted by atomic mass is 9.96. The van der Waals surface area contributed by atoms with Crippen LogP contribution in [0.25, 0.3) is 0 Å². The number of carboxylic acid groups (broad SMARTS) is 1. The van der Waals surface area contributed by atoms with E-state index in [0.717, 1.165) is 0 Å². The molecule has 22 heavy (non-hydrogen) atoms. The number of hydrogen-bond acceptors (Lipinski definition) is 4. The zero-order valence-electron chi connectivity index (χ0n) is 12.0. The van der Waals surface area contributed by atoms with Gasteiger partial charge in [0.1, 0.15) is 0 Å². The molecule has 2 aromatic rings. The summed E-state index contributed by atoms with van der Waals surface area (Å²) in [6, 6.07) is 8.39. The number of rotatable bonds is 4. The summed E-state index contributed by atoms with van der Waals surface area (Å²) in [5, 5.41) is 19.8. The summed E-state index contributed by atoms with van der Waals surface area (Å²) in [5.74, 6) is -1.47. The van der Waals surface area contributed by atoms with Crippen LogP contribution in [0.1, 0.15) is 37.4 Å². The predicted molar refractivity (Wildman–Crippen MR) is 79.4 cm³/mol. The van der Waals surface area contributed by atoms with Crippen LogP contribution in [0, 0.1) is 24.0 Å². The molecule has 1 N–H and O–H groups in total. The minimum atomic E-state index is -1.10. The van der Waals surface area contributed by atoms with E-state index < -0.39 is 10.9 Å². The molecule has 6 nitrogen and oxygen atoms in total. The van der Waals surface area contributed by atoms with Gasteiger partial charge in [0.15, 0.2) is 5.78 Å². The van der Waals surface area contributed by atoms with Crippen molar-refractivity contribution in [2.24, 2.45) is 0 Å². The van der Waals surface area contributed by atoms with Crippen LogP contribution in [0.4, 0.5) is 5.69 Å². The first kappa shape index (κ1) is 15.4. The van der Waals surface area contributed by atoms with Crippen LogP contribution in [-0.2, 0) is 0 Å². The van der Waals surface area contributed by atoms with E-state index in [1.54, 1.807) is 26.0 Å². The first-order chi connectivity index (χ1) is 10.3. The topological polar surface area (TPSA) is 97.5 Å². The van der Waals surface area contributed by atoms with E-state index in [0.29, 0.717) is 16.7 Å². The molecule has 0 amide bonds. The number of carbonyl (C=O) groups is 2. The van der Waals surface area contributed by atoms with Gasteiger partial charge in [0.05, 0.1) is 10.5 Å². The molecular weight excluding hydrogens is 286 g/mol. The standard InChI is InChI=1S/C16H13NO5/c1-9-3-4-11(8-14(9)16(19)20)15(18)13-6-5-12(17(21)22)7-10(13)2/h3-8H,1-2H3,(H,19,20). The van der Waals surface area contributed by atoms with Crippen LogP contribution in [0.15, 0.2) is 36.4 Å². The predicted octanol–water partition coefficient (Wildman–Crippen LogP) is 3.14. The molecule has 0 saturated carbocycles. The van der Waals surface area contributed by atoms with Crippen molar-refractivity contribution in [2.75, 3.05) is 0 Å². The molecule has 0 saturated heterocycles. The third-order valence-electron chi connectivity index (χ3n) is 3.40. The lowest BCUT2D eigenvalue weighted by molar-refractivity contribution is -0.384. The molecule has 0 aliphatic heterocycles. The zero-order chi connectivity index (χ0) is 16.4. The molecule has 0 aliphatic rings. The maximum atomic E-state index is 12.5. The number of nitro benzene ring substituents is 1. The van der Waals surface area contributed by atoms with Gasteiger partial charge in [-0.15, -0.1) is 0 Å². The third-order valence-corrected chi connectivity index (χ3v) is 3.40. The molecule has 0 bridgehead atoms. The second-order valence-electron chi connectivity index (χ2n) is 4.92. The Morgan fingerprint density at radius 1 is 1.00 bits per heavy atom. The highest BCUT2D eigenvalue weighted by Crippen LogP contribution is 2.21. The van der Waals surface area contributed by atoms with Gasteiger partial charge < -0.3 is 5.11 Å². The van der Waals surface area contributed by atoms with Crippen molar-refractivity contribution in [1.82, 2.24) is 0 Å². The number of carboxylic acids is 1. The molecule has 2 aromatic carbocycles. The van der Waals surface area contributed by atoms with Crippen LogP contribution < -0.4 is 0 Å². The summed E-state index contributed by atoms with van der Waals surface area (Å²) in [6.07, 6.45) is 0. The highest BCUT2D eigenvalue weighted by atomic mass is 16.6. The Morgan fingerprint density at radius 2 is 1.68 bits per heavy atom. The lowest BCUT2D eigenvalue weighted by Crippen LogP contribution is -2.07. The smallest absolute Gasteiger partial charge is 0.335 e. The number of hydrogen-bond donors (Lipinski definition) is 1. The van der Waals surface area contributed by atoms with E-state index in [-0.39, 0.29) is 22.6 Å². The molecule has 0 fully saturated rings. The molecule has 0 aliphatic carbocycles. The molecule has 0 heterocycles. The third kappa shape index (κ3) is 2.85. The van der Waals surface area contributed by atoms with Crippen LogP contribution in [0.2, 0.25) is 0 Å². The van der Waals surface area contributed by atoms with Crippen molar-refractivity contribution in [3.8, 4) is 0 Å². The van der Waals surface area contributed by atoms with Gasteiger partial charge in [-0.05, 0) is 37.1 Å². The SMILES string of the molecule is Cc1ccc(C(=O)c2ccc([N+](=O)[O-])cc2C)cc1C(=O)O. The summed E-state index contributed by atoms with van der Waals surface area (Å²) in [5.41, 5.74) is 1.54. The van der Waals surface area contributed by atoms with Crippen LogP contribution in [0.3, 0.4) is 0 Å². The highest BCUT2D eigenvalue weighted by molar-refractivity contribution is 6.11. The quantitative estimate of drug-likeness (QED) is 0.531. The molecule has 2 rings (SSSR count). The fourth-order valence-electron chi connectivity index (χ4n) is 2.17. The van der Waals surface area contributed by atoms with E-state index in [4.69, 9.17) is 5.11 Å². The van der Waals surface area contributed by atoms with Crippen molar-refractivity contribution in [3.05, 3.63) is 74.3 Å². The van der Waals surface area contributed by atoms with Gasteiger partial charge in [-0.2, -0.15) is 0 Å². The number of non-ortho nitro benzene ring substituents is 1. The second kappa shape index (κ2) is 5.77. The summed E-state index contributed by atoms with van der Waals surface area (Å²) < 4.78 is 0. The van der Waals surface area contributed by atoms with Crippen LogP contribution in [-0.4, -0.2) is 21.8 Å². The Bertz CT molecular complexity index is 795. The van der Waals surface area contributed by atoms with Crippen molar-refractivity contribution >= 4 is 17.4 Å². The average molecular weight is 299 g/mol. The highest BCUT2D eigenvalue weighted by Gasteiger charge is 2.17. The fourth-order valence-corrected chi connectivity index (χ4v) is 2.17. The van der Waals surface area contributed by atoms with E-state index >= 15 is 0 Å². The van der Waals surface area contributed by atoms with Gasteiger partial charge in [0.25, 0.3) is 5.69 Å². The maximum absolute atomic E-state index is 12.5. The lowest BCUT2D eigenvalue weighted by Gasteiger charge is -2.07. The molecule has 0 aromatic heterocycles. The number of carbonyl (C=O) groups excluding carboxylic acids is 1. The maximum Gasteiger partial charge on any atom is 0.335 e. The average Bonchev–Trinajstić information content (AvgIpc) is 2.46. The van der Waals surface area contributed by atoms with E-state index in [1.807, 2.05) is 0 Å². The van der Waals surface area contributed by atoms with Gasteiger partial charge in [-0.25, -0.2) is 4.79 Å². The van der Waals surface area contributed by atoms with E-state index in [2.05, 4.69) is 0 Å². The van der Waals surface area contributed by atoms with Gasteiger partial charge in [0.2, 0.25) is 0 Å². The van der Waals surface area contributed by atoms with Gasteiger partial charge in [-0.3, -0.25) is 14.9 Å². The number of nitro groups is 1. The molecular formula is C16H13NO5. The fraction of sp³-hybridized carbons (Fsp3) is 0.125. The molecule has 0 atom stereocenters. The Balaban J connectivity index is 2.46. The summed E-state index contributed by atoms with van der Waals surface area (Å²) in [4.78, 5) is 33.8. The molecule has 112 valence electrons. The Hall–Kier alpha value is -3.02. The summed E-state index contributed by atoms with van der Waals surface area (Å²) in [6.45, 7) is 3.25. The Labute approximate surface area is 126 Å². The largest absolute Gasteiger partial charge is 0.478 e. The molecule has 0 radical (unpaired) electrons. The van der Waals surface area contributed by atoms with Gasteiger partial charge >= 0.3 is 5.97 Å². The second-order valence-corrected chi connectivity index (χ2v) is 4.92. The number of ketones is 1. The Kier molecular flexibility index (Phi) is 4.03. The normalized spacial score (nSPS) is 10.3. The minimum Gasteiger partial charge on any atom is -0.478 e. The zero-order valence-corrected chi connectivity index (χ0v) is 12.0. The first-order valence-corrected chi connectivity index (χ1v) is 6.45. The number of aryl methyl sites for hydroxylation is 2. The first-order valence-electron chi connectivity index (χ1n) is 6.45. The molecule has 0 spiro atoms. The summed E-state index contributed by atoms with van der Waals surface area (Å²) in [7, 11) is 0. The van der Waals surface area contributed by atoms with E-state index in [9.17, 15) is 19.7 Å². The van der Waals surface area contributed by atoms with Crippen molar-refractivity contribution in [1.29, 1.82) is 0 Å². The van der Waals surface area contributed by atoms with Crippen LogP contribution in [0.5, 0.6) is 0 Å². The number of nitrogens with zero attached hydrogens (tertiary/aromatic N) is 1.